The number of imide groups is 1. The molecule has 4 aliphatic heterocycles. The molecule has 0 spiro atoms. The van der Waals surface area contributed by atoms with Crippen molar-refractivity contribution in [1.29, 1.82) is 0 Å². The van der Waals surface area contributed by atoms with Crippen LogP contribution in [0.25, 0.3) is 11.3 Å². The maximum atomic E-state index is 13.3. The van der Waals surface area contributed by atoms with Crippen LogP contribution in [0.5, 0.6) is 11.5 Å². The number of H-pyrrole nitrogens is 1. The Bertz CT molecular complexity index is 2640. The van der Waals surface area contributed by atoms with E-state index in [0.717, 1.165) is 98.6 Å². The molecular weight excluding hydrogens is 858 g/mol. The van der Waals surface area contributed by atoms with Gasteiger partial charge in [0.25, 0.3) is 5.91 Å². The number of aromatic nitrogens is 4. The number of benzene rings is 3. The first-order valence-corrected chi connectivity index (χ1v) is 25.4. The lowest BCUT2D eigenvalue weighted by Crippen LogP contribution is -2.53. The molecule has 3 amide bonds. The quantitative estimate of drug-likeness (QED) is 0.0750. The van der Waals surface area contributed by atoms with Crippen molar-refractivity contribution < 1.29 is 28.4 Å². The Labute approximate surface area is 385 Å². The predicted octanol–water partition coefficient (Wildman–Crippen LogP) is 5.60. The molecule has 9 rings (SSSR count). The van der Waals surface area contributed by atoms with E-state index in [9.17, 15) is 18.9 Å². The van der Waals surface area contributed by atoms with Crippen LogP contribution in [0.4, 0.5) is 28.8 Å². The summed E-state index contributed by atoms with van der Waals surface area (Å²) in [6, 6.07) is 19.1. The van der Waals surface area contributed by atoms with Gasteiger partial charge in [0.15, 0.2) is 0 Å². The predicted molar refractivity (Wildman–Crippen MR) is 255 cm³/mol. The van der Waals surface area contributed by atoms with Crippen molar-refractivity contribution in [1.82, 2.24) is 40.2 Å². The number of hydrogen-bond donors (Lipinski definition) is 4. The minimum Gasteiger partial charge on any atom is -0.494 e. The van der Waals surface area contributed by atoms with Crippen LogP contribution >= 0.6 is 7.14 Å². The second-order valence-electron chi connectivity index (χ2n) is 17.7. The van der Waals surface area contributed by atoms with Gasteiger partial charge in [-0.25, -0.2) is 4.98 Å². The lowest BCUT2D eigenvalue weighted by Gasteiger charge is -2.43. The van der Waals surface area contributed by atoms with E-state index in [-0.39, 0.29) is 18.2 Å². The number of nitrogens with one attached hydrogen (secondary N) is 4. The third-order valence-corrected chi connectivity index (χ3v) is 14.8. The summed E-state index contributed by atoms with van der Waals surface area (Å²) in [6.07, 6.45) is 6.96. The van der Waals surface area contributed by atoms with Crippen molar-refractivity contribution in [2.24, 2.45) is 0 Å². The number of nitrogens with zero attached hydrogens (tertiary/aromatic N) is 7. The summed E-state index contributed by atoms with van der Waals surface area (Å²) < 4.78 is 25.5. The van der Waals surface area contributed by atoms with Gasteiger partial charge in [-0.15, -0.1) is 0 Å². The van der Waals surface area contributed by atoms with Gasteiger partial charge in [0.1, 0.15) is 37.1 Å². The number of rotatable bonds is 15. The van der Waals surface area contributed by atoms with E-state index in [0.29, 0.717) is 54.4 Å². The Morgan fingerprint density at radius 1 is 0.879 bits per heavy atom. The van der Waals surface area contributed by atoms with Crippen molar-refractivity contribution in [2.45, 2.75) is 57.7 Å². The van der Waals surface area contributed by atoms with Gasteiger partial charge in [-0.05, 0) is 81.0 Å². The van der Waals surface area contributed by atoms with Crippen LogP contribution in [-0.2, 0) is 27.1 Å². The fourth-order valence-corrected chi connectivity index (χ4v) is 10.9. The number of fused-ring (bicyclic) bond motifs is 1. The maximum absolute atomic E-state index is 13.3. The maximum Gasteiger partial charge on any atom is 0.255 e. The zero-order valence-corrected chi connectivity index (χ0v) is 38.9. The molecule has 2 aromatic heterocycles. The topological polar surface area (TPSA) is 190 Å². The molecule has 3 saturated heterocycles. The highest BCUT2D eigenvalue weighted by molar-refractivity contribution is 7.70. The molecule has 3 aromatic carbocycles. The molecule has 346 valence electrons. The monoisotopic (exact) mass is 915 g/mol. The molecule has 4 aliphatic rings. The highest BCUT2D eigenvalue weighted by atomic mass is 31.2. The van der Waals surface area contributed by atoms with E-state index in [4.69, 9.17) is 19.4 Å². The van der Waals surface area contributed by atoms with Gasteiger partial charge in [0.05, 0.1) is 36.3 Å². The lowest BCUT2D eigenvalue weighted by molar-refractivity contribution is -0.136. The first kappa shape index (κ1) is 44.9. The van der Waals surface area contributed by atoms with E-state index in [2.05, 4.69) is 59.9 Å². The number of aromatic amines is 1. The number of piperazine rings is 1. The molecule has 18 heteroatoms. The Hall–Kier alpha value is -6.29. The smallest absolute Gasteiger partial charge is 0.255 e. The molecule has 5 aromatic rings. The van der Waals surface area contributed by atoms with Crippen LogP contribution in [0, 0.1) is 0 Å². The van der Waals surface area contributed by atoms with E-state index in [1.54, 1.807) is 43.8 Å². The molecule has 6 heterocycles. The number of methoxy groups -OCH3 is 1. The lowest BCUT2D eigenvalue weighted by atomic mass is 9.99. The largest absolute Gasteiger partial charge is 0.494 e. The summed E-state index contributed by atoms with van der Waals surface area (Å²) >= 11 is 0. The Kier molecular flexibility index (Phi) is 13.1. The minimum absolute atomic E-state index is 0.196. The van der Waals surface area contributed by atoms with E-state index >= 15 is 0 Å². The van der Waals surface area contributed by atoms with E-state index in [1.807, 2.05) is 42.5 Å². The van der Waals surface area contributed by atoms with Crippen molar-refractivity contribution in [3.63, 3.8) is 0 Å². The summed E-state index contributed by atoms with van der Waals surface area (Å²) in [5, 5.41) is 17.1. The zero-order chi connectivity index (χ0) is 46.0. The van der Waals surface area contributed by atoms with Crippen LogP contribution in [0.15, 0.2) is 73.1 Å². The van der Waals surface area contributed by atoms with Crippen LogP contribution < -0.4 is 35.6 Å². The normalized spacial score (nSPS) is 18.6. The fourth-order valence-electron chi connectivity index (χ4n) is 9.70. The number of para-hydroxylation sites is 1. The SMILES string of the molecule is CCc1cc(Nc2ncc(-c3ccn[nH]3)c(Nc3ccccc3P(C)(C)=O)n2)c(OC)cc1N1CCC(N2CCN(CCOc3cccc4c3CN(C3CCC(=O)NC3=O)C4=O)CC2)CC1. The van der Waals surface area contributed by atoms with Gasteiger partial charge in [0, 0.05) is 98.9 Å². The number of piperidine rings is 2. The average molecular weight is 916 g/mol. The third kappa shape index (κ3) is 9.51. The van der Waals surface area contributed by atoms with E-state index < -0.39 is 19.1 Å². The highest BCUT2D eigenvalue weighted by Crippen LogP contribution is 2.41. The number of carbonyl (C=O) groups excluding carboxylic acids is 3. The summed E-state index contributed by atoms with van der Waals surface area (Å²) in [5.41, 5.74) is 6.70. The first-order valence-electron chi connectivity index (χ1n) is 22.8. The number of hydrogen-bond acceptors (Lipinski definition) is 14. The van der Waals surface area contributed by atoms with Crippen LogP contribution in [-0.4, -0.2) is 138 Å². The van der Waals surface area contributed by atoms with Crippen molar-refractivity contribution in [3.8, 4) is 22.8 Å². The molecule has 0 saturated carbocycles. The Morgan fingerprint density at radius 2 is 1.68 bits per heavy atom. The van der Waals surface area contributed by atoms with Crippen molar-refractivity contribution in [2.75, 3.05) is 88.4 Å². The molecular formula is C48H58N11O6P. The summed E-state index contributed by atoms with van der Waals surface area (Å²) in [7, 11) is -0.913. The number of aryl methyl sites for hydroxylation is 1. The van der Waals surface area contributed by atoms with Gasteiger partial charge in [-0.3, -0.25) is 34.6 Å². The van der Waals surface area contributed by atoms with Crippen LogP contribution in [0.1, 0.15) is 54.1 Å². The van der Waals surface area contributed by atoms with Crippen LogP contribution in [0.2, 0.25) is 0 Å². The van der Waals surface area contributed by atoms with Gasteiger partial charge in [-0.2, -0.15) is 10.1 Å². The number of ether oxygens (including phenoxy) is 2. The van der Waals surface area contributed by atoms with E-state index in [1.165, 1.54) is 11.3 Å². The average Bonchev–Trinajstić information content (AvgIpc) is 3.98. The van der Waals surface area contributed by atoms with Crippen molar-refractivity contribution >= 4 is 59.0 Å². The van der Waals surface area contributed by atoms with Crippen LogP contribution in [0.3, 0.4) is 0 Å². The molecule has 4 N–H and O–H groups in total. The molecule has 0 radical (unpaired) electrons. The first-order chi connectivity index (χ1) is 32.0. The molecule has 1 unspecified atom stereocenters. The Morgan fingerprint density at radius 3 is 2.41 bits per heavy atom. The third-order valence-electron chi connectivity index (χ3n) is 13.3. The second kappa shape index (κ2) is 19.3. The molecule has 3 fully saturated rings. The van der Waals surface area contributed by atoms with Gasteiger partial charge in [0.2, 0.25) is 17.8 Å². The number of carbonyl (C=O) groups is 3. The van der Waals surface area contributed by atoms with Crippen molar-refractivity contribution in [3.05, 3.63) is 89.7 Å². The number of amides is 3. The van der Waals surface area contributed by atoms with Gasteiger partial charge >= 0.3 is 0 Å². The standard InChI is InChI=1S/C48H58N11O6P/c1-5-31-27-38(52-48-49-29-34(36-15-18-50-55-36)45(54-48)51-37-10-6-7-12-43(37)66(3,4)63)42(64-2)28-40(31)58-19-16-32(17-20-58)57-23-21-56(22-24-57)25-26-65-41-11-8-9-33-35(41)30-59(47(33)62)39-13-14-44(60)53-46(39)61/h6-12,15,18,27-29,32,39H,5,13-14,16-17,19-26,30H2,1-4H3,(H,50,55)(H,53,60,61)(H2,49,51,52,54). The molecule has 0 aliphatic carbocycles. The molecule has 17 nitrogen and oxygen atoms in total. The molecule has 1 atom stereocenters. The van der Waals surface area contributed by atoms with Gasteiger partial charge < -0.3 is 34.5 Å². The molecule has 0 bridgehead atoms. The summed E-state index contributed by atoms with van der Waals surface area (Å²) in [5.74, 6) is 1.38. The highest BCUT2D eigenvalue weighted by Gasteiger charge is 2.40. The number of anilines is 5. The zero-order valence-electron chi connectivity index (χ0n) is 38.0. The fraction of sp³-hybridized carbons (Fsp3) is 0.417. The molecule has 66 heavy (non-hydrogen) atoms. The summed E-state index contributed by atoms with van der Waals surface area (Å²) in [4.78, 5) is 56.2. The van der Waals surface area contributed by atoms with Gasteiger partial charge in [-0.1, -0.05) is 25.1 Å². The Balaban J connectivity index is 0.791. The second-order valence-corrected chi connectivity index (χ2v) is 20.9. The summed E-state index contributed by atoms with van der Waals surface area (Å²) in [6.45, 7) is 13.1. The minimum atomic E-state index is -2.60.